The van der Waals surface area contributed by atoms with E-state index in [0.29, 0.717) is 25.7 Å². The average Bonchev–Trinajstić information content (AvgIpc) is 2.75. The SMILES string of the molecule is CN1C(=O)C2CCC1([C@H](NC(=O)c1cccc(C(F)(F)F)c1Cl)c1ccncc1)CC2. The molecule has 1 aromatic heterocycles. The third-order valence-corrected chi connectivity index (χ3v) is 7.01. The summed E-state index contributed by atoms with van der Waals surface area (Å²) in [5, 5.41) is 2.25. The van der Waals surface area contributed by atoms with Gasteiger partial charge in [-0.25, -0.2) is 0 Å². The molecule has 0 spiro atoms. The number of hydrogen-bond donors (Lipinski definition) is 1. The second-order valence-electron chi connectivity index (χ2n) is 8.13. The smallest absolute Gasteiger partial charge is 0.343 e. The molecule has 2 saturated heterocycles. The Labute approximate surface area is 182 Å². The van der Waals surface area contributed by atoms with Gasteiger partial charge in [-0.15, -0.1) is 0 Å². The lowest BCUT2D eigenvalue weighted by Crippen LogP contribution is -2.65. The van der Waals surface area contributed by atoms with Gasteiger partial charge in [0.2, 0.25) is 5.91 Å². The molecule has 2 amide bonds. The van der Waals surface area contributed by atoms with E-state index in [1.54, 1.807) is 36.5 Å². The van der Waals surface area contributed by atoms with E-state index in [2.05, 4.69) is 10.3 Å². The number of piperidine rings is 2. The van der Waals surface area contributed by atoms with Crippen molar-refractivity contribution in [2.24, 2.45) is 5.92 Å². The van der Waals surface area contributed by atoms with Crippen LogP contribution in [0.4, 0.5) is 13.2 Å². The van der Waals surface area contributed by atoms with Crippen LogP contribution in [0.5, 0.6) is 0 Å². The maximum absolute atomic E-state index is 13.3. The van der Waals surface area contributed by atoms with E-state index in [1.807, 2.05) is 0 Å². The van der Waals surface area contributed by atoms with Gasteiger partial charge in [0.15, 0.2) is 0 Å². The number of pyridine rings is 1. The molecule has 1 aliphatic carbocycles. The minimum atomic E-state index is -4.68. The van der Waals surface area contributed by atoms with Crippen LogP contribution in [-0.2, 0) is 11.0 Å². The first kappa shape index (κ1) is 21.6. The topological polar surface area (TPSA) is 62.3 Å². The van der Waals surface area contributed by atoms with Gasteiger partial charge >= 0.3 is 6.18 Å². The van der Waals surface area contributed by atoms with Gasteiger partial charge in [0.1, 0.15) is 0 Å². The van der Waals surface area contributed by atoms with E-state index >= 15 is 0 Å². The monoisotopic (exact) mass is 451 g/mol. The van der Waals surface area contributed by atoms with E-state index in [9.17, 15) is 22.8 Å². The number of rotatable bonds is 4. The number of carbonyl (C=O) groups is 2. The third kappa shape index (κ3) is 3.67. The second kappa shape index (κ2) is 7.82. The highest BCUT2D eigenvalue weighted by Crippen LogP contribution is 2.49. The molecule has 164 valence electrons. The van der Waals surface area contributed by atoms with E-state index < -0.39 is 34.3 Å². The van der Waals surface area contributed by atoms with E-state index in [1.165, 1.54) is 6.07 Å². The molecule has 3 heterocycles. The van der Waals surface area contributed by atoms with E-state index in [-0.39, 0.29) is 17.4 Å². The van der Waals surface area contributed by atoms with Gasteiger partial charge < -0.3 is 10.2 Å². The van der Waals surface area contributed by atoms with Crippen molar-refractivity contribution < 1.29 is 22.8 Å². The lowest BCUT2D eigenvalue weighted by atomic mass is 9.65. The molecular weight excluding hydrogens is 431 g/mol. The number of alkyl halides is 3. The fraction of sp³-hybridized carbons (Fsp3) is 0.409. The number of carbonyl (C=O) groups excluding carboxylic acids is 2. The highest BCUT2D eigenvalue weighted by molar-refractivity contribution is 6.34. The lowest BCUT2D eigenvalue weighted by Gasteiger charge is -2.56. The van der Waals surface area contributed by atoms with E-state index in [4.69, 9.17) is 11.6 Å². The number of hydrogen-bond acceptors (Lipinski definition) is 3. The summed E-state index contributed by atoms with van der Waals surface area (Å²) in [6.07, 6.45) is 1.28. The van der Waals surface area contributed by atoms with Gasteiger partial charge in [-0.1, -0.05) is 17.7 Å². The molecular formula is C22H21ClF3N3O2. The summed E-state index contributed by atoms with van der Waals surface area (Å²) < 4.78 is 39.8. The number of benzene rings is 1. The van der Waals surface area contributed by atoms with Crippen LogP contribution < -0.4 is 5.32 Å². The maximum atomic E-state index is 13.3. The van der Waals surface area contributed by atoms with Crippen LogP contribution in [-0.4, -0.2) is 34.3 Å². The van der Waals surface area contributed by atoms with Crippen molar-refractivity contribution in [3.8, 4) is 0 Å². The van der Waals surface area contributed by atoms with Crippen molar-refractivity contribution in [1.82, 2.24) is 15.2 Å². The predicted octanol–water partition coefficient (Wildman–Crippen LogP) is 4.63. The highest BCUT2D eigenvalue weighted by atomic mass is 35.5. The molecule has 5 nitrogen and oxygen atoms in total. The Bertz CT molecular complexity index is 1000. The van der Waals surface area contributed by atoms with Crippen LogP contribution in [0.2, 0.25) is 5.02 Å². The van der Waals surface area contributed by atoms with Crippen LogP contribution in [0.3, 0.4) is 0 Å². The lowest BCUT2D eigenvalue weighted by molar-refractivity contribution is -0.156. The second-order valence-corrected chi connectivity index (χ2v) is 8.50. The molecule has 2 aliphatic heterocycles. The van der Waals surface area contributed by atoms with Crippen molar-refractivity contribution in [2.75, 3.05) is 7.05 Å². The summed E-state index contributed by atoms with van der Waals surface area (Å²) in [6.45, 7) is 0. The molecule has 3 fully saturated rings. The summed E-state index contributed by atoms with van der Waals surface area (Å²) in [4.78, 5) is 31.6. The molecule has 9 heteroatoms. The summed E-state index contributed by atoms with van der Waals surface area (Å²) in [5.74, 6) is -0.706. The number of nitrogens with one attached hydrogen (secondary N) is 1. The number of likely N-dealkylation sites (N-methyl/N-ethyl adjacent to an activating group) is 1. The Morgan fingerprint density at radius 2 is 1.87 bits per heavy atom. The Morgan fingerprint density at radius 1 is 1.23 bits per heavy atom. The Balaban J connectivity index is 1.74. The zero-order chi connectivity index (χ0) is 22.4. The van der Waals surface area contributed by atoms with Crippen LogP contribution in [0.1, 0.15) is 53.2 Å². The van der Waals surface area contributed by atoms with Gasteiger partial charge in [0.25, 0.3) is 5.91 Å². The van der Waals surface area contributed by atoms with E-state index in [0.717, 1.165) is 17.7 Å². The Kier molecular flexibility index (Phi) is 5.45. The Morgan fingerprint density at radius 3 is 2.48 bits per heavy atom. The summed E-state index contributed by atoms with van der Waals surface area (Å²) >= 11 is 5.98. The number of nitrogens with zero attached hydrogens (tertiary/aromatic N) is 2. The Hall–Kier alpha value is -2.61. The first-order valence-corrected chi connectivity index (χ1v) is 10.4. The number of halogens is 4. The zero-order valence-electron chi connectivity index (χ0n) is 16.7. The minimum absolute atomic E-state index is 0.0152. The molecule has 1 atom stereocenters. The first-order chi connectivity index (χ1) is 14.6. The van der Waals surface area contributed by atoms with Gasteiger partial charge in [-0.2, -0.15) is 13.2 Å². The molecule has 0 unspecified atom stereocenters. The quantitative estimate of drug-likeness (QED) is 0.737. The molecule has 2 bridgehead atoms. The minimum Gasteiger partial charge on any atom is -0.343 e. The molecule has 1 N–H and O–H groups in total. The van der Waals surface area contributed by atoms with Crippen molar-refractivity contribution in [3.63, 3.8) is 0 Å². The van der Waals surface area contributed by atoms with Crippen LogP contribution in [0, 0.1) is 5.92 Å². The van der Waals surface area contributed by atoms with Gasteiger partial charge in [-0.05, 0) is 55.5 Å². The van der Waals surface area contributed by atoms with Crippen molar-refractivity contribution in [1.29, 1.82) is 0 Å². The normalized spacial score (nSPS) is 24.2. The molecule has 31 heavy (non-hydrogen) atoms. The fourth-order valence-corrected chi connectivity index (χ4v) is 5.21. The van der Waals surface area contributed by atoms with Crippen LogP contribution in [0.25, 0.3) is 0 Å². The molecule has 3 aliphatic rings. The number of amides is 2. The van der Waals surface area contributed by atoms with Crippen molar-refractivity contribution in [2.45, 2.75) is 43.4 Å². The summed E-state index contributed by atoms with van der Waals surface area (Å²) in [5.41, 5.74) is -1.26. The van der Waals surface area contributed by atoms with Crippen molar-refractivity contribution in [3.05, 3.63) is 64.4 Å². The van der Waals surface area contributed by atoms with Gasteiger partial charge in [0.05, 0.1) is 27.7 Å². The molecule has 2 aromatic rings. The number of fused-ring (bicyclic) bond motifs is 3. The molecule has 5 rings (SSSR count). The number of aromatic nitrogens is 1. The standard InChI is InChI=1S/C22H21ClF3N3O2/c1-29-20(31)14-5-9-21(29,10-6-14)18(13-7-11-27-12-8-13)28-19(30)15-3-2-4-16(17(15)23)22(24,25)26/h2-4,7-8,11-12,14,18H,5-6,9-10H2,1H3,(H,28,30)/t14?,18-,21?/m1/s1. The molecule has 1 saturated carbocycles. The maximum Gasteiger partial charge on any atom is 0.417 e. The predicted molar refractivity (Wildman–Crippen MR) is 108 cm³/mol. The molecule has 0 radical (unpaired) electrons. The van der Waals surface area contributed by atoms with Crippen LogP contribution >= 0.6 is 11.6 Å². The molecule has 1 aromatic carbocycles. The zero-order valence-corrected chi connectivity index (χ0v) is 17.5. The summed E-state index contributed by atoms with van der Waals surface area (Å²) in [6, 6.07) is 6.13. The highest BCUT2D eigenvalue weighted by Gasteiger charge is 2.54. The fourth-order valence-electron chi connectivity index (χ4n) is 4.89. The largest absolute Gasteiger partial charge is 0.417 e. The van der Waals surface area contributed by atoms with Gasteiger partial charge in [-0.3, -0.25) is 14.6 Å². The first-order valence-electron chi connectivity index (χ1n) is 9.99. The third-order valence-electron chi connectivity index (χ3n) is 6.60. The van der Waals surface area contributed by atoms with Crippen LogP contribution in [0.15, 0.2) is 42.7 Å². The van der Waals surface area contributed by atoms with Crippen molar-refractivity contribution >= 4 is 23.4 Å². The van der Waals surface area contributed by atoms with Gasteiger partial charge in [0, 0.05) is 25.4 Å². The average molecular weight is 452 g/mol. The summed E-state index contributed by atoms with van der Waals surface area (Å²) in [7, 11) is 1.73.